The molecule has 0 saturated carbocycles. The summed E-state index contributed by atoms with van der Waals surface area (Å²) < 4.78 is 37.8. The number of carbonyl (C=O) groups excluding carboxylic acids is 1. The van der Waals surface area contributed by atoms with Gasteiger partial charge < -0.3 is 14.4 Å². The van der Waals surface area contributed by atoms with E-state index in [-0.39, 0.29) is 23.9 Å². The standard InChI is InChI=1S/C19H24N2O5S/c1-15(22)21(14-16-7-5-4-6-8-16)12-11-20-27(23,24)17-9-10-18(25-2)19(13-17)26-3/h4-10,13,20H,11-12,14H2,1-3H3. The topological polar surface area (TPSA) is 84.9 Å². The third-order valence-corrected chi connectivity index (χ3v) is 5.46. The van der Waals surface area contributed by atoms with E-state index in [1.54, 1.807) is 4.90 Å². The highest BCUT2D eigenvalue weighted by Gasteiger charge is 2.18. The Hall–Kier alpha value is -2.58. The number of amides is 1. The van der Waals surface area contributed by atoms with E-state index >= 15 is 0 Å². The van der Waals surface area contributed by atoms with E-state index in [1.165, 1.54) is 39.3 Å². The summed E-state index contributed by atoms with van der Waals surface area (Å²) in [4.78, 5) is 13.5. The van der Waals surface area contributed by atoms with Gasteiger partial charge in [0.05, 0.1) is 19.1 Å². The molecule has 0 atom stereocenters. The number of nitrogens with one attached hydrogen (secondary N) is 1. The Morgan fingerprint density at radius 2 is 1.70 bits per heavy atom. The minimum atomic E-state index is -3.74. The van der Waals surface area contributed by atoms with E-state index in [0.717, 1.165) is 5.56 Å². The SMILES string of the molecule is COc1ccc(S(=O)(=O)NCCN(Cc2ccccc2)C(C)=O)cc1OC. The fraction of sp³-hybridized carbons (Fsp3) is 0.316. The molecule has 27 heavy (non-hydrogen) atoms. The molecule has 0 aliphatic rings. The van der Waals surface area contributed by atoms with E-state index in [0.29, 0.717) is 18.0 Å². The first kappa shape index (κ1) is 20.7. The zero-order chi connectivity index (χ0) is 19.9. The first-order valence-corrected chi connectivity index (χ1v) is 9.87. The molecule has 0 aliphatic heterocycles. The maximum absolute atomic E-state index is 12.5. The van der Waals surface area contributed by atoms with Crippen LogP contribution >= 0.6 is 0 Å². The van der Waals surface area contributed by atoms with Crippen molar-refractivity contribution in [1.29, 1.82) is 0 Å². The fourth-order valence-electron chi connectivity index (χ4n) is 2.53. The van der Waals surface area contributed by atoms with Crippen LogP contribution in [0, 0.1) is 0 Å². The molecule has 7 nitrogen and oxygen atoms in total. The maximum atomic E-state index is 12.5. The normalized spacial score (nSPS) is 11.1. The van der Waals surface area contributed by atoms with Gasteiger partial charge in [0, 0.05) is 32.6 Å². The molecule has 1 amide bonds. The van der Waals surface area contributed by atoms with Crippen LogP contribution < -0.4 is 14.2 Å². The Bertz CT molecular complexity index is 869. The van der Waals surface area contributed by atoms with Crippen molar-refractivity contribution in [3.8, 4) is 11.5 Å². The average Bonchev–Trinajstić information content (AvgIpc) is 2.67. The highest BCUT2D eigenvalue weighted by atomic mass is 32.2. The number of nitrogens with zero attached hydrogens (tertiary/aromatic N) is 1. The van der Waals surface area contributed by atoms with Crippen molar-refractivity contribution in [2.75, 3.05) is 27.3 Å². The van der Waals surface area contributed by atoms with Crippen LogP contribution in [0.3, 0.4) is 0 Å². The molecule has 146 valence electrons. The maximum Gasteiger partial charge on any atom is 0.240 e. The van der Waals surface area contributed by atoms with E-state index in [2.05, 4.69) is 4.72 Å². The smallest absolute Gasteiger partial charge is 0.240 e. The van der Waals surface area contributed by atoms with E-state index in [9.17, 15) is 13.2 Å². The molecule has 2 aromatic rings. The number of ether oxygens (including phenoxy) is 2. The summed E-state index contributed by atoms with van der Waals surface area (Å²) in [6, 6.07) is 13.9. The predicted octanol–water partition coefficient (Wildman–Crippen LogP) is 2.03. The zero-order valence-electron chi connectivity index (χ0n) is 15.6. The van der Waals surface area contributed by atoms with Crippen LogP contribution in [0.25, 0.3) is 0 Å². The Morgan fingerprint density at radius 1 is 1.04 bits per heavy atom. The van der Waals surface area contributed by atoms with Crippen molar-refractivity contribution < 1.29 is 22.7 Å². The molecule has 2 rings (SSSR count). The highest BCUT2D eigenvalue weighted by Crippen LogP contribution is 2.29. The Labute approximate surface area is 160 Å². The zero-order valence-corrected chi connectivity index (χ0v) is 16.5. The average molecular weight is 392 g/mol. The quantitative estimate of drug-likeness (QED) is 0.706. The van der Waals surface area contributed by atoms with Crippen LogP contribution in [-0.4, -0.2) is 46.5 Å². The molecule has 1 N–H and O–H groups in total. The molecule has 0 heterocycles. The van der Waals surface area contributed by atoms with Crippen molar-refractivity contribution >= 4 is 15.9 Å². The van der Waals surface area contributed by atoms with Gasteiger partial charge in [0.15, 0.2) is 11.5 Å². The molecule has 0 unspecified atom stereocenters. The third kappa shape index (κ3) is 5.70. The Kier molecular flexibility index (Phi) is 7.20. The molecular formula is C19H24N2O5S. The second-order valence-corrected chi connectivity index (χ2v) is 7.61. The summed E-state index contributed by atoms with van der Waals surface area (Å²) in [6.07, 6.45) is 0. The van der Waals surface area contributed by atoms with E-state index in [1.807, 2.05) is 30.3 Å². The van der Waals surface area contributed by atoms with E-state index in [4.69, 9.17) is 9.47 Å². The van der Waals surface area contributed by atoms with Crippen LogP contribution in [0.1, 0.15) is 12.5 Å². The van der Waals surface area contributed by atoms with Crippen LogP contribution in [-0.2, 0) is 21.4 Å². The summed E-state index contributed by atoms with van der Waals surface area (Å²) in [5, 5.41) is 0. The lowest BCUT2D eigenvalue weighted by atomic mass is 10.2. The van der Waals surface area contributed by atoms with Crippen molar-refractivity contribution in [3.63, 3.8) is 0 Å². The second kappa shape index (κ2) is 9.38. The van der Waals surface area contributed by atoms with Crippen LogP contribution in [0.5, 0.6) is 11.5 Å². The summed E-state index contributed by atoms with van der Waals surface area (Å²) >= 11 is 0. The van der Waals surface area contributed by atoms with Gasteiger partial charge in [0.25, 0.3) is 0 Å². The monoisotopic (exact) mass is 392 g/mol. The molecular weight excluding hydrogens is 368 g/mol. The summed E-state index contributed by atoms with van der Waals surface area (Å²) in [7, 11) is -0.816. The molecule has 0 aromatic heterocycles. The molecule has 0 fully saturated rings. The van der Waals surface area contributed by atoms with Gasteiger partial charge in [0.2, 0.25) is 15.9 Å². The minimum absolute atomic E-state index is 0.0672. The molecule has 0 saturated heterocycles. The number of benzene rings is 2. The molecule has 0 bridgehead atoms. The lowest BCUT2D eigenvalue weighted by Gasteiger charge is -2.21. The summed E-state index contributed by atoms with van der Waals surface area (Å²) in [5.41, 5.74) is 0.982. The van der Waals surface area contributed by atoms with Crippen LogP contribution in [0.4, 0.5) is 0 Å². The van der Waals surface area contributed by atoms with Gasteiger partial charge in [-0.1, -0.05) is 30.3 Å². The van der Waals surface area contributed by atoms with Crippen molar-refractivity contribution in [1.82, 2.24) is 9.62 Å². The van der Waals surface area contributed by atoms with Gasteiger partial charge >= 0.3 is 0 Å². The lowest BCUT2D eigenvalue weighted by Crippen LogP contribution is -2.37. The summed E-state index contributed by atoms with van der Waals surface area (Å²) in [5.74, 6) is 0.654. The Morgan fingerprint density at radius 3 is 2.30 bits per heavy atom. The minimum Gasteiger partial charge on any atom is -0.493 e. The molecule has 0 radical (unpaired) electrons. The number of carbonyl (C=O) groups is 1. The van der Waals surface area contributed by atoms with Gasteiger partial charge in [-0.25, -0.2) is 13.1 Å². The number of sulfonamides is 1. The van der Waals surface area contributed by atoms with E-state index < -0.39 is 10.0 Å². The van der Waals surface area contributed by atoms with Crippen LogP contribution in [0.15, 0.2) is 53.4 Å². The highest BCUT2D eigenvalue weighted by molar-refractivity contribution is 7.89. The number of methoxy groups -OCH3 is 2. The number of rotatable bonds is 9. The predicted molar refractivity (Wildman–Crippen MR) is 102 cm³/mol. The van der Waals surface area contributed by atoms with Crippen molar-refractivity contribution in [2.24, 2.45) is 0 Å². The van der Waals surface area contributed by atoms with Crippen LogP contribution in [0.2, 0.25) is 0 Å². The van der Waals surface area contributed by atoms with Gasteiger partial charge in [-0.15, -0.1) is 0 Å². The molecule has 8 heteroatoms. The van der Waals surface area contributed by atoms with Gasteiger partial charge in [0.1, 0.15) is 0 Å². The second-order valence-electron chi connectivity index (χ2n) is 5.84. The molecule has 0 spiro atoms. The first-order valence-electron chi connectivity index (χ1n) is 8.38. The van der Waals surface area contributed by atoms with Crippen molar-refractivity contribution in [2.45, 2.75) is 18.4 Å². The largest absolute Gasteiger partial charge is 0.493 e. The fourth-order valence-corrected chi connectivity index (χ4v) is 3.57. The Balaban J connectivity index is 2.02. The van der Waals surface area contributed by atoms with Gasteiger partial charge in [-0.05, 0) is 17.7 Å². The van der Waals surface area contributed by atoms with Crippen molar-refractivity contribution in [3.05, 3.63) is 54.1 Å². The third-order valence-electron chi connectivity index (χ3n) is 4.00. The van der Waals surface area contributed by atoms with Gasteiger partial charge in [-0.3, -0.25) is 4.79 Å². The summed E-state index contributed by atoms with van der Waals surface area (Å²) in [6.45, 7) is 2.25. The molecule has 2 aromatic carbocycles. The first-order chi connectivity index (χ1) is 12.9. The lowest BCUT2D eigenvalue weighted by molar-refractivity contribution is -0.129. The number of hydrogen-bond acceptors (Lipinski definition) is 5. The van der Waals surface area contributed by atoms with Gasteiger partial charge in [-0.2, -0.15) is 0 Å². The molecule has 0 aliphatic carbocycles. The number of hydrogen-bond donors (Lipinski definition) is 1.